The molecule has 188 valence electrons. The molecule has 3 aromatic carbocycles. The second kappa shape index (κ2) is 12.4. The van der Waals surface area contributed by atoms with E-state index in [0.29, 0.717) is 23.5 Å². The predicted octanol–water partition coefficient (Wildman–Crippen LogP) is 3.77. The van der Waals surface area contributed by atoms with Gasteiger partial charge in [0, 0.05) is 18.5 Å². The molecule has 36 heavy (non-hydrogen) atoms. The molecular weight excluding hydrogens is 458 g/mol. The van der Waals surface area contributed by atoms with Crippen LogP contribution in [0.5, 0.6) is 11.5 Å². The van der Waals surface area contributed by atoms with E-state index in [-0.39, 0.29) is 35.5 Å². The van der Waals surface area contributed by atoms with Crippen molar-refractivity contribution in [1.82, 2.24) is 10.6 Å². The number of carbonyl (C=O) groups excluding carboxylic acids is 3. The number of ether oxygens (including phenoxy) is 1. The van der Waals surface area contributed by atoms with E-state index in [0.717, 1.165) is 5.56 Å². The molecule has 0 bridgehead atoms. The third kappa shape index (κ3) is 7.33. The number of phenols is 1. The van der Waals surface area contributed by atoms with Crippen molar-refractivity contribution in [1.29, 1.82) is 0 Å². The first-order valence-corrected chi connectivity index (χ1v) is 11.7. The summed E-state index contributed by atoms with van der Waals surface area (Å²) in [6.07, 6.45) is 0.232. The van der Waals surface area contributed by atoms with E-state index < -0.39 is 11.9 Å². The Labute approximate surface area is 210 Å². The topological polar surface area (TPSA) is 117 Å². The minimum atomic E-state index is -0.855. The average Bonchev–Trinajstić information content (AvgIpc) is 2.88. The minimum Gasteiger partial charge on any atom is -0.508 e. The van der Waals surface area contributed by atoms with Gasteiger partial charge in [-0.25, -0.2) is 0 Å². The van der Waals surface area contributed by atoms with Crippen LogP contribution in [0.25, 0.3) is 0 Å². The number of rotatable bonds is 10. The first kappa shape index (κ1) is 26.3. The van der Waals surface area contributed by atoms with Crippen LogP contribution >= 0.6 is 0 Å². The van der Waals surface area contributed by atoms with Gasteiger partial charge >= 0.3 is 0 Å². The van der Waals surface area contributed by atoms with Crippen molar-refractivity contribution in [3.8, 4) is 11.5 Å². The molecule has 3 rings (SSSR count). The van der Waals surface area contributed by atoms with Crippen molar-refractivity contribution in [3.05, 3.63) is 89.5 Å². The second-order valence-electron chi connectivity index (χ2n) is 8.76. The lowest BCUT2D eigenvalue weighted by atomic mass is 10.0. The summed E-state index contributed by atoms with van der Waals surface area (Å²) in [7, 11) is 1.54. The van der Waals surface area contributed by atoms with Crippen LogP contribution in [-0.2, 0) is 11.2 Å². The Morgan fingerprint density at radius 2 is 1.56 bits per heavy atom. The van der Waals surface area contributed by atoms with E-state index in [1.54, 1.807) is 67.8 Å². The van der Waals surface area contributed by atoms with Gasteiger partial charge in [0.25, 0.3) is 11.8 Å². The Morgan fingerprint density at radius 3 is 2.19 bits per heavy atom. The van der Waals surface area contributed by atoms with E-state index in [1.807, 2.05) is 13.8 Å². The summed E-state index contributed by atoms with van der Waals surface area (Å²) < 4.78 is 5.12. The van der Waals surface area contributed by atoms with E-state index in [4.69, 9.17) is 4.74 Å². The maximum atomic E-state index is 13.3. The number of phenolic OH excluding ortho intramolecular Hbond substituents is 1. The maximum absolute atomic E-state index is 13.3. The molecule has 8 heteroatoms. The SMILES string of the molecule is COc1ccc(C(=O)Nc2ccccc2C(=O)NC(Cc2ccc(O)cc2)C(=O)NCC(C)C)cc1. The molecule has 0 aliphatic rings. The van der Waals surface area contributed by atoms with Crippen LogP contribution in [0.4, 0.5) is 5.69 Å². The molecule has 0 aliphatic carbocycles. The molecule has 1 atom stereocenters. The molecular formula is C28H31N3O5. The predicted molar refractivity (Wildman–Crippen MR) is 138 cm³/mol. The Kier molecular flexibility index (Phi) is 9.05. The molecule has 0 spiro atoms. The van der Waals surface area contributed by atoms with Crippen molar-refractivity contribution in [2.75, 3.05) is 19.0 Å². The highest BCUT2D eigenvalue weighted by atomic mass is 16.5. The average molecular weight is 490 g/mol. The van der Waals surface area contributed by atoms with Gasteiger partial charge in [-0.3, -0.25) is 14.4 Å². The molecule has 0 aromatic heterocycles. The summed E-state index contributed by atoms with van der Waals surface area (Å²) >= 11 is 0. The van der Waals surface area contributed by atoms with Crippen molar-refractivity contribution in [3.63, 3.8) is 0 Å². The summed E-state index contributed by atoms with van der Waals surface area (Å²) in [5.41, 5.74) is 1.73. The number of aromatic hydroxyl groups is 1. The molecule has 0 fully saturated rings. The van der Waals surface area contributed by atoms with Gasteiger partial charge in [0.15, 0.2) is 0 Å². The summed E-state index contributed by atoms with van der Waals surface area (Å²) in [4.78, 5) is 39.0. The van der Waals surface area contributed by atoms with Gasteiger partial charge in [-0.1, -0.05) is 38.1 Å². The number of benzene rings is 3. The Balaban J connectivity index is 1.78. The molecule has 3 amide bonds. The Hall–Kier alpha value is -4.33. The van der Waals surface area contributed by atoms with Crippen LogP contribution < -0.4 is 20.7 Å². The molecule has 0 saturated carbocycles. The van der Waals surface area contributed by atoms with E-state index in [9.17, 15) is 19.5 Å². The molecule has 0 radical (unpaired) electrons. The van der Waals surface area contributed by atoms with Crippen LogP contribution in [0.3, 0.4) is 0 Å². The van der Waals surface area contributed by atoms with E-state index in [1.165, 1.54) is 12.1 Å². The number of hydrogen-bond acceptors (Lipinski definition) is 5. The number of nitrogens with one attached hydrogen (secondary N) is 3. The number of methoxy groups -OCH3 is 1. The van der Waals surface area contributed by atoms with Crippen molar-refractivity contribution >= 4 is 23.4 Å². The lowest BCUT2D eigenvalue weighted by molar-refractivity contribution is -0.123. The van der Waals surface area contributed by atoms with E-state index in [2.05, 4.69) is 16.0 Å². The van der Waals surface area contributed by atoms with Gasteiger partial charge < -0.3 is 25.8 Å². The van der Waals surface area contributed by atoms with Gasteiger partial charge in [-0.2, -0.15) is 0 Å². The largest absolute Gasteiger partial charge is 0.508 e. The molecule has 0 saturated heterocycles. The molecule has 0 heterocycles. The zero-order valence-corrected chi connectivity index (χ0v) is 20.6. The molecule has 0 aliphatic heterocycles. The first-order valence-electron chi connectivity index (χ1n) is 11.7. The van der Waals surface area contributed by atoms with Crippen LogP contribution in [0.15, 0.2) is 72.8 Å². The fourth-order valence-corrected chi connectivity index (χ4v) is 3.47. The van der Waals surface area contributed by atoms with Crippen LogP contribution in [0.1, 0.15) is 40.1 Å². The summed E-state index contributed by atoms with van der Waals surface area (Å²) in [6, 6.07) is 18.8. The van der Waals surface area contributed by atoms with E-state index >= 15 is 0 Å². The monoisotopic (exact) mass is 489 g/mol. The number of carbonyl (C=O) groups is 3. The lowest BCUT2D eigenvalue weighted by Gasteiger charge is -2.20. The standard InChI is InChI=1S/C28H31N3O5/c1-18(2)17-29-28(35)25(16-19-8-12-21(32)13-9-19)31-27(34)23-6-4-5-7-24(23)30-26(33)20-10-14-22(36-3)15-11-20/h4-15,18,25,32H,16-17H2,1-3H3,(H,29,35)(H,30,33)(H,31,34). The van der Waals surface area contributed by atoms with Gasteiger partial charge in [0.1, 0.15) is 17.5 Å². The maximum Gasteiger partial charge on any atom is 0.255 e. The van der Waals surface area contributed by atoms with Crippen molar-refractivity contribution < 1.29 is 24.2 Å². The minimum absolute atomic E-state index is 0.116. The summed E-state index contributed by atoms with van der Waals surface area (Å²) in [5, 5.41) is 18.0. The normalized spacial score (nSPS) is 11.4. The third-order valence-electron chi connectivity index (χ3n) is 5.45. The molecule has 8 nitrogen and oxygen atoms in total. The lowest BCUT2D eigenvalue weighted by Crippen LogP contribution is -2.48. The number of hydrogen-bond donors (Lipinski definition) is 4. The molecule has 4 N–H and O–H groups in total. The highest BCUT2D eigenvalue weighted by molar-refractivity contribution is 6.09. The second-order valence-corrected chi connectivity index (χ2v) is 8.76. The zero-order valence-electron chi connectivity index (χ0n) is 20.6. The van der Waals surface area contributed by atoms with Gasteiger partial charge in [-0.05, 0) is 60.0 Å². The highest BCUT2D eigenvalue weighted by Gasteiger charge is 2.24. The summed E-state index contributed by atoms with van der Waals surface area (Å²) in [5.74, 6) is -0.207. The zero-order chi connectivity index (χ0) is 26.1. The van der Waals surface area contributed by atoms with Crippen LogP contribution in [0.2, 0.25) is 0 Å². The number of anilines is 1. The van der Waals surface area contributed by atoms with Crippen LogP contribution in [-0.4, -0.2) is 42.5 Å². The Morgan fingerprint density at radius 1 is 0.889 bits per heavy atom. The fraction of sp³-hybridized carbons (Fsp3) is 0.250. The van der Waals surface area contributed by atoms with Crippen molar-refractivity contribution in [2.24, 2.45) is 5.92 Å². The number of amides is 3. The Bertz CT molecular complexity index is 1190. The third-order valence-corrected chi connectivity index (χ3v) is 5.45. The van der Waals surface area contributed by atoms with Gasteiger partial charge in [0.05, 0.1) is 18.4 Å². The smallest absolute Gasteiger partial charge is 0.255 e. The highest BCUT2D eigenvalue weighted by Crippen LogP contribution is 2.19. The molecule has 3 aromatic rings. The van der Waals surface area contributed by atoms with Crippen LogP contribution in [0, 0.1) is 5.92 Å². The number of para-hydroxylation sites is 1. The van der Waals surface area contributed by atoms with Gasteiger partial charge in [-0.15, -0.1) is 0 Å². The van der Waals surface area contributed by atoms with Gasteiger partial charge in [0.2, 0.25) is 5.91 Å². The quantitative estimate of drug-likeness (QED) is 0.346. The molecule has 1 unspecified atom stereocenters. The summed E-state index contributed by atoms with van der Waals surface area (Å²) in [6.45, 7) is 4.43. The first-order chi connectivity index (χ1) is 17.3. The fourth-order valence-electron chi connectivity index (χ4n) is 3.47. The van der Waals surface area contributed by atoms with Crippen molar-refractivity contribution in [2.45, 2.75) is 26.3 Å².